The van der Waals surface area contributed by atoms with Crippen LogP contribution < -0.4 is 14.2 Å². The van der Waals surface area contributed by atoms with Gasteiger partial charge in [-0.25, -0.2) is 0 Å². The van der Waals surface area contributed by atoms with Gasteiger partial charge in [-0.2, -0.15) is 0 Å². The van der Waals surface area contributed by atoms with Crippen LogP contribution in [-0.2, 0) is 11.2 Å². The van der Waals surface area contributed by atoms with Gasteiger partial charge in [0.2, 0.25) is 5.91 Å². The first kappa shape index (κ1) is 20.6. The van der Waals surface area contributed by atoms with Gasteiger partial charge < -0.3 is 19.1 Å². The molecule has 2 aliphatic rings. The molecule has 0 unspecified atom stereocenters. The monoisotopic (exact) mass is 409 g/mol. The Morgan fingerprint density at radius 3 is 2.60 bits per heavy atom. The number of rotatable bonds is 5. The summed E-state index contributed by atoms with van der Waals surface area (Å²) in [6.07, 6.45) is 4.06. The second-order valence-electron chi connectivity index (χ2n) is 8.30. The number of nitrogens with zero attached hydrogens (tertiary/aromatic N) is 1. The lowest BCUT2D eigenvalue weighted by molar-refractivity contribution is -0.132. The number of carbonyl (C=O) groups excluding carboxylic acids is 1. The van der Waals surface area contributed by atoms with Gasteiger partial charge in [0.05, 0.1) is 13.2 Å². The van der Waals surface area contributed by atoms with E-state index in [4.69, 9.17) is 14.2 Å². The van der Waals surface area contributed by atoms with Crippen molar-refractivity contribution in [3.63, 3.8) is 0 Å². The maximum atomic E-state index is 12.7. The lowest BCUT2D eigenvalue weighted by Gasteiger charge is -2.32. The summed E-state index contributed by atoms with van der Waals surface area (Å²) in [7, 11) is 0. The highest BCUT2D eigenvalue weighted by molar-refractivity contribution is 5.76. The maximum absolute atomic E-state index is 12.7. The summed E-state index contributed by atoms with van der Waals surface area (Å²) in [4.78, 5) is 14.7. The summed E-state index contributed by atoms with van der Waals surface area (Å²) in [6.45, 7) is 7.04. The molecule has 0 radical (unpaired) electrons. The van der Waals surface area contributed by atoms with Crippen LogP contribution in [-0.4, -0.2) is 43.2 Å². The van der Waals surface area contributed by atoms with Crippen LogP contribution in [0.5, 0.6) is 17.2 Å². The van der Waals surface area contributed by atoms with E-state index in [1.807, 2.05) is 23.1 Å². The molecule has 2 aromatic rings. The van der Waals surface area contributed by atoms with Gasteiger partial charge in [-0.15, -0.1) is 0 Å². The van der Waals surface area contributed by atoms with Crippen molar-refractivity contribution in [2.24, 2.45) is 0 Å². The molecular weight excluding hydrogens is 378 g/mol. The lowest BCUT2D eigenvalue weighted by Crippen LogP contribution is -2.41. The zero-order chi connectivity index (χ0) is 20.9. The Balaban J connectivity index is 1.25. The topological polar surface area (TPSA) is 48.0 Å². The molecule has 1 saturated heterocycles. The Kier molecular flexibility index (Phi) is 6.46. The van der Waals surface area contributed by atoms with Crippen molar-refractivity contribution in [1.29, 1.82) is 0 Å². The van der Waals surface area contributed by atoms with Crippen LogP contribution in [0.1, 0.15) is 42.4 Å². The molecule has 0 bridgehead atoms. The molecule has 0 N–H and O–H groups in total. The van der Waals surface area contributed by atoms with Gasteiger partial charge in [0.25, 0.3) is 0 Å². The smallest absolute Gasteiger partial charge is 0.222 e. The second kappa shape index (κ2) is 9.41. The summed E-state index contributed by atoms with van der Waals surface area (Å²) in [5.41, 5.74) is 3.48. The SMILES string of the molecule is Cc1ccc(C)c(OC2CCN(C(=O)CCc3ccc4c(c3)OCCCO4)CC2)c1. The number of amides is 1. The van der Waals surface area contributed by atoms with E-state index in [0.717, 1.165) is 60.7 Å². The second-order valence-corrected chi connectivity index (χ2v) is 8.30. The summed E-state index contributed by atoms with van der Waals surface area (Å²) < 4.78 is 17.7. The summed E-state index contributed by atoms with van der Waals surface area (Å²) in [5, 5.41) is 0. The van der Waals surface area contributed by atoms with E-state index in [0.29, 0.717) is 26.1 Å². The number of hydrogen-bond acceptors (Lipinski definition) is 4. The number of aryl methyl sites for hydroxylation is 3. The molecule has 1 fully saturated rings. The Morgan fingerprint density at radius 2 is 1.80 bits per heavy atom. The molecule has 2 aromatic carbocycles. The Hall–Kier alpha value is -2.69. The van der Waals surface area contributed by atoms with Crippen LogP contribution >= 0.6 is 0 Å². The molecule has 0 atom stereocenters. The highest BCUT2D eigenvalue weighted by atomic mass is 16.5. The molecule has 0 spiro atoms. The fraction of sp³-hybridized carbons (Fsp3) is 0.480. The van der Waals surface area contributed by atoms with Crippen LogP contribution in [0.2, 0.25) is 0 Å². The van der Waals surface area contributed by atoms with Crippen molar-refractivity contribution in [2.75, 3.05) is 26.3 Å². The minimum absolute atomic E-state index is 0.177. The maximum Gasteiger partial charge on any atom is 0.222 e. The number of hydrogen-bond donors (Lipinski definition) is 0. The van der Waals surface area contributed by atoms with E-state index < -0.39 is 0 Å². The third-order valence-electron chi connectivity index (χ3n) is 5.87. The summed E-state index contributed by atoms with van der Waals surface area (Å²) in [6, 6.07) is 12.3. The molecule has 1 amide bonds. The number of carbonyl (C=O) groups is 1. The van der Waals surface area contributed by atoms with E-state index in [9.17, 15) is 4.79 Å². The van der Waals surface area contributed by atoms with E-state index in [1.54, 1.807) is 0 Å². The predicted molar refractivity (Wildman–Crippen MR) is 117 cm³/mol. The number of ether oxygens (including phenoxy) is 3. The van der Waals surface area contributed by atoms with Gasteiger partial charge in [-0.1, -0.05) is 18.2 Å². The third-order valence-corrected chi connectivity index (χ3v) is 5.87. The van der Waals surface area contributed by atoms with Crippen LogP contribution in [0, 0.1) is 13.8 Å². The van der Waals surface area contributed by atoms with Gasteiger partial charge in [0.15, 0.2) is 11.5 Å². The Bertz CT molecular complexity index is 887. The molecule has 2 heterocycles. The first-order valence-electron chi connectivity index (χ1n) is 11.0. The average molecular weight is 410 g/mol. The molecule has 160 valence electrons. The predicted octanol–water partition coefficient (Wildman–Crippen LogP) is 4.47. The summed E-state index contributed by atoms with van der Waals surface area (Å²) >= 11 is 0. The molecule has 0 aliphatic carbocycles. The largest absolute Gasteiger partial charge is 0.490 e. The number of likely N-dealkylation sites (tertiary alicyclic amines) is 1. The van der Waals surface area contributed by atoms with Crippen molar-refractivity contribution in [2.45, 2.75) is 52.1 Å². The molecule has 0 aromatic heterocycles. The minimum atomic E-state index is 0.177. The molecule has 0 saturated carbocycles. The van der Waals surface area contributed by atoms with Crippen LogP contribution in [0.25, 0.3) is 0 Å². The number of benzene rings is 2. The fourth-order valence-electron chi connectivity index (χ4n) is 4.01. The fourth-order valence-corrected chi connectivity index (χ4v) is 4.01. The van der Waals surface area contributed by atoms with Crippen LogP contribution in [0.3, 0.4) is 0 Å². The molecular formula is C25H31NO4. The van der Waals surface area contributed by atoms with Gasteiger partial charge in [0, 0.05) is 38.8 Å². The van der Waals surface area contributed by atoms with E-state index >= 15 is 0 Å². The normalized spacial score (nSPS) is 16.8. The van der Waals surface area contributed by atoms with Gasteiger partial charge in [0.1, 0.15) is 11.9 Å². The van der Waals surface area contributed by atoms with Crippen molar-refractivity contribution < 1.29 is 19.0 Å². The molecule has 30 heavy (non-hydrogen) atoms. The van der Waals surface area contributed by atoms with Crippen molar-refractivity contribution in [3.05, 3.63) is 53.1 Å². The van der Waals surface area contributed by atoms with Crippen molar-refractivity contribution in [1.82, 2.24) is 4.90 Å². The van der Waals surface area contributed by atoms with Gasteiger partial charge in [-0.3, -0.25) is 4.79 Å². The van der Waals surface area contributed by atoms with Crippen molar-refractivity contribution in [3.8, 4) is 17.2 Å². The first-order valence-corrected chi connectivity index (χ1v) is 11.0. The van der Waals surface area contributed by atoms with E-state index in [2.05, 4.69) is 32.0 Å². The lowest BCUT2D eigenvalue weighted by atomic mass is 10.0. The molecule has 5 heteroatoms. The van der Waals surface area contributed by atoms with Crippen molar-refractivity contribution >= 4 is 5.91 Å². The molecule has 5 nitrogen and oxygen atoms in total. The van der Waals surface area contributed by atoms with Crippen LogP contribution in [0.15, 0.2) is 36.4 Å². The zero-order valence-electron chi connectivity index (χ0n) is 18.0. The Morgan fingerprint density at radius 1 is 1.03 bits per heavy atom. The third kappa shape index (κ3) is 5.07. The number of piperidine rings is 1. The summed E-state index contributed by atoms with van der Waals surface area (Å²) in [5.74, 6) is 2.77. The quantitative estimate of drug-likeness (QED) is 0.731. The zero-order valence-corrected chi connectivity index (χ0v) is 18.0. The van der Waals surface area contributed by atoms with Gasteiger partial charge >= 0.3 is 0 Å². The van der Waals surface area contributed by atoms with Gasteiger partial charge in [-0.05, 0) is 55.2 Å². The Labute approximate surface area is 178 Å². The standard InChI is InChI=1S/C25H31NO4/c1-18-4-5-19(2)23(16-18)30-21-10-12-26(13-11-21)25(27)9-7-20-6-8-22-24(17-20)29-15-3-14-28-22/h4-6,8,16-17,21H,3,7,9-15H2,1-2H3. The van der Waals surface area contributed by atoms with E-state index in [-0.39, 0.29) is 12.0 Å². The first-order chi connectivity index (χ1) is 14.6. The molecule has 4 rings (SSSR count). The minimum Gasteiger partial charge on any atom is -0.490 e. The number of fused-ring (bicyclic) bond motifs is 1. The van der Waals surface area contributed by atoms with Crippen LogP contribution in [0.4, 0.5) is 0 Å². The highest BCUT2D eigenvalue weighted by Crippen LogP contribution is 2.31. The average Bonchev–Trinajstić information content (AvgIpc) is 3.00. The van der Waals surface area contributed by atoms with E-state index in [1.165, 1.54) is 5.56 Å². The highest BCUT2D eigenvalue weighted by Gasteiger charge is 2.24. The molecule has 2 aliphatic heterocycles.